The lowest BCUT2D eigenvalue weighted by Crippen LogP contribution is -2.16. The fourth-order valence-corrected chi connectivity index (χ4v) is 2.99. The molecule has 1 heterocycles. The molecule has 2 aromatic rings. The topological polar surface area (TPSA) is 86.6 Å². The molecular weight excluding hydrogens is 312 g/mol. The van der Waals surface area contributed by atoms with Crippen molar-refractivity contribution in [2.24, 2.45) is 5.11 Å². The van der Waals surface area contributed by atoms with E-state index in [1.807, 2.05) is 18.2 Å². The van der Waals surface area contributed by atoms with Crippen LogP contribution in [0.5, 0.6) is 0 Å². The number of nitrogens with zero attached hydrogens (tertiary/aromatic N) is 5. The molecule has 6 heteroatoms. The minimum Gasteiger partial charge on any atom is -0.367 e. The molecular formula is C19H28N6. The summed E-state index contributed by atoms with van der Waals surface area (Å²) in [6, 6.07) is 8.50. The van der Waals surface area contributed by atoms with E-state index in [2.05, 4.69) is 38.3 Å². The third-order valence-corrected chi connectivity index (χ3v) is 4.38. The number of unbranched alkanes of at least 4 members (excludes halogenated alkanes) is 6. The van der Waals surface area contributed by atoms with Gasteiger partial charge in [-0.1, -0.05) is 55.8 Å². The number of nitrogens with one attached hydrogen (secondary N) is 1. The van der Waals surface area contributed by atoms with Crippen LogP contribution in [0, 0.1) is 0 Å². The average Bonchev–Trinajstić information content (AvgIpc) is 2.63. The molecule has 6 nitrogen and oxygen atoms in total. The van der Waals surface area contributed by atoms with Crippen LogP contribution in [0.3, 0.4) is 0 Å². The number of hydrogen-bond donors (Lipinski definition) is 1. The van der Waals surface area contributed by atoms with Crippen LogP contribution >= 0.6 is 0 Å². The maximum absolute atomic E-state index is 8.20. The SMILES string of the molecule is CC(CCCCCCCCCN=[N+]=[N-])Nc1ncnc2ccccc12. The van der Waals surface area contributed by atoms with Gasteiger partial charge in [-0.25, -0.2) is 9.97 Å². The van der Waals surface area contributed by atoms with E-state index >= 15 is 0 Å². The Hall–Kier alpha value is -2.33. The van der Waals surface area contributed by atoms with Crippen LogP contribution in [0.15, 0.2) is 35.7 Å². The molecule has 2 rings (SSSR count). The predicted octanol–water partition coefficient (Wildman–Crippen LogP) is 5.86. The van der Waals surface area contributed by atoms with Gasteiger partial charge in [0, 0.05) is 22.9 Å². The largest absolute Gasteiger partial charge is 0.367 e. The van der Waals surface area contributed by atoms with Gasteiger partial charge in [0.2, 0.25) is 0 Å². The number of aromatic nitrogens is 2. The average molecular weight is 340 g/mol. The fourth-order valence-electron chi connectivity index (χ4n) is 2.99. The number of rotatable bonds is 12. The first kappa shape index (κ1) is 19.0. The normalized spacial score (nSPS) is 11.9. The highest BCUT2D eigenvalue weighted by Crippen LogP contribution is 2.20. The van der Waals surface area contributed by atoms with E-state index in [-0.39, 0.29) is 0 Å². The monoisotopic (exact) mass is 340 g/mol. The lowest BCUT2D eigenvalue weighted by atomic mass is 10.1. The van der Waals surface area contributed by atoms with Gasteiger partial charge >= 0.3 is 0 Å². The molecule has 0 radical (unpaired) electrons. The standard InChI is InChI=1S/C19H28N6/c1-16(11-7-5-3-2-4-6-10-14-23-25-20)24-19-17-12-8-9-13-18(17)21-15-22-19/h8-9,12-13,15-16H,2-7,10-11,14H2,1H3,(H,21,22,24). The summed E-state index contributed by atoms with van der Waals surface area (Å²) in [7, 11) is 0. The highest BCUT2D eigenvalue weighted by atomic mass is 15.1. The van der Waals surface area contributed by atoms with E-state index in [4.69, 9.17) is 5.53 Å². The molecule has 1 unspecified atom stereocenters. The second-order valence-corrected chi connectivity index (χ2v) is 6.50. The second kappa shape index (κ2) is 11.3. The summed E-state index contributed by atoms with van der Waals surface area (Å²) in [5.74, 6) is 0.929. The third kappa shape index (κ3) is 6.98. The Bertz CT molecular complexity index is 675. The van der Waals surface area contributed by atoms with Crippen LogP contribution < -0.4 is 5.32 Å². The Kier molecular flexibility index (Phi) is 8.56. The van der Waals surface area contributed by atoms with E-state index < -0.39 is 0 Å². The van der Waals surface area contributed by atoms with Crippen LogP contribution in [0.2, 0.25) is 0 Å². The molecule has 0 fully saturated rings. The smallest absolute Gasteiger partial charge is 0.137 e. The molecule has 0 spiro atoms. The van der Waals surface area contributed by atoms with Crippen LogP contribution in [0.4, 0.5) is 5.82 Å². The lowest BCUT2D eigenvalue weighted by Gasteiger charge is -2.15. The fraction of sp³-hybridized carbons (Fsp3) is 0.579. The summed E-state index contributed by atoms with van der Waals surface area (Å²) >= 11 is 0. The molecule has 0 saturated heterocycles. The van der Waals surface area contributed by atoms with E-state index in [1.165, 1.54) is 32.1 Å². The zero-order valence-corrected chi connectivity index (χ0v) is 15.1. The van der Waals surface area contributed by atoms with Gasteiger partial charge in [-0.2, -0.15) is 0 Å². The van der Waals surface area contributed by atoms with Crippen LogP contribution in [0.25, 0.3) is 21.3 Å². The van der Waals surface area contributed by atoms with E-state index in [1.54, 1.807) is 6.33 Å². The molecule has 0 saturated carbocycles. The molecule has 1 N–H and O–H groups in total. The highest BCUT2D eigenvalue weighted by Gasteiger charge is 2.06. The van der Waals surface area contributed by atoms with E-state index in [0.29, 0.717) is 12.6 Å². The molecule has 134 valence electrons. The Labute approximate surface area is 149 Å². The molecule has 0 aliphatic rings. The number of fused-ring (bicyclic) bond motifs is 1. The van der Waals surface area contributed by atoms with Crippen LogP contribution in [-0.2, 0) is 0 Å². The summed E-state index contributed by atoms with van der Waals surface area (Å²) in [6.45, 7) is 2.85. The van der Waals surface area contributed by atoms with E-state index in [9.17, 15) is 0 Å². The summed E-state index contributed by atoms with van der Waals surface area (Å²) in [4.78, 5) is 11.5. The number of azide groups is 1. The minimum atomic E-state index is 0.405. The molecule has 25 heavy (non-hydrogen) atoms. The summed E-state index contributed by atoms with van der Waals surface area (Å²) in [6.07, 6.45) is 11.2. The van der Waals surface area contributed by atoms with E-state index in [0.717, 1.165) is 36.0 Å². The van der Waals surface area contributed by atoms with Crippen molar-refractivity contribution >= 4 is 16.7 Å². The highest BCUT2D eigenvalue weighted by molar-refractivity contribution is 5.88. The Balaban J connectivity index is 1.59. The third-order valence-electron chi connectivity index (χ3n) is 4.38. The van der Waals surface area contributed by atoms with Gasteiger partial charge in [-0.3, -0.25) is 0 Å². The maximum Gasteiger partial charge on any atom is 0.137 e. The summed E-state index contributed by atoms with van der Waals surface area (Å²) < 4.78 is 0. The number of benzene rings is 1. The summed E-state index contributed by atoms with van der Waals surface area (Å²) in [5.41, 5.74) is 9.18. The number of hydrogen-bond acceptors (Lipinski definition) is 4. The zero-order chi connectivity index (χ0) is 17.7. The van der Waals surface area contributed by atoms with Crippen LogP contribution in [-0.4, -0.2) is 22.6 Å². The number of para-hydroxylation sites is 1. The van der Waals surface area contributed by atoms with Crippen molar-refractivity contribution in [2.45, 2.75) is 64.3 Å². The number of anilines is 1. The maximum atomic E-state index is 8.20. The molecule has 0 bridgehead atoms. The van der Waals surface area contributed by atoms with Gasteiger partial charge in [0.15, 0.2) is 0 Å². The first-order valence-corrected chi connectivity index (χ1v) is 9.28. The first-order chi connectivity index (χ1) is 12.3. The minimum absolute atomic E-state index is 0.405. The first-order valence-electron chi connectivity index (χ1n) is 9.28. The van der Waals surface area contributed by atoms with Crippen molar-refractivity contribution in [3.05, 3.63) is 41.0 Å². The van der Waals surface area contributed by atoms with Gasteiger partial charge in [0.1, 0.15) is 12.1 Å². The Morgan fingerprint density at radius 3 is 2.56 bits per heavy atom. The molecule has 1 aromatic heterocycles. The van der Waals surface area contributed by atoms with Crippen molar-refractivity contribution in [1.82, 2.24) is 9.97 Å². The lowest BCUT2D eigenvalue weighted by molar-refractivity contribution is 0.553. The van der Waals surface area contributed by atoms with Crippen molar-refractivity contribution in [1.29, 1.82) is 0 Å². The summed E-state index contributed by atoms with van der Waals surface area (Å²) in [5, 5.41) is 8.16. The quantitative estimate of drug-likeness (QED) is 0.227. The van der Waals surface area contributed by atoms with Gasteiger partial charge in [-0.05, 0) is 37.4 Å². The van der Waals surface area contributed by atoms with Gasteiger partial charge in [-0.15, -0.1) is 0 Å². The second-order valence-electron chi connectivity index (χ2n) is 6.50. The van der Waals surface area contributed by atoms with Crippen molar-refractivity contribution in [3.63, 3.8) is 0 Å². The zero-order valence-electron chi connectivity index (χ0n) is 15.1. The Morgan fingerprint density at radius 2 is 1.76 bits per heavy atom. The van der Waals surface area contributed by atoms with Crippen molar-refractivity contribution < 1.29 is 0 Å². The van der Waals surface area contributed by atoms with Gasteiger partial charge < -0.3 is 5.32 Å². The molecule has 1 atom stereocenters. The molecule has 1 aromatic carbocycles. The van der Waals surface area contributed by atoms with Crippen molar-refractivity contribution in [2.75, 3.05) is 11.9 Å². The predicted molar refractivity (Wildman–Crippen MR) is 104 cm³/mol. The van der Waals surface area contributed by atoms with Crippen molar-refractivity contribution in [3.8, 4) is 0 Å². The Morgan fingerprint density at radius 1 is 1.04 bits per heavy atom. The van der Waals surface area contributed by atoms with Gasteiger partial charge in [0.05, 0.1) is 5.52 Å². The van der Waals surface area contributed by atoms with Gasteiger partial charge in [0.25, 0.3) is 0 Å². The molecule has 0 aliphatic heterocycles. The molecule has 0 amide bonds. The van der Waals surface area contributed by atoms with Crippen LogP contribution in [0.1, 0.15) is 58.3 Å². The molecule has 0 aliphatic carbocycles.